The summed E-state index contributed by atoms with van der Waals surface area (Å²) in [4.78, 5) is 25.7. The number of Topliss-reactive ketones (excluding diaryl/α,β-unsaturated/α-hetero) is 2. The average molecular weight is 491 g/mol. The third-order valence-corrected chi connectivity index (χ3v) is 7.23. The van der Waals surface area contributed by atoms with Crippen LogP contribution in [-0.2, 0) is 9.59 Å². The second-order valence-electron chi connectivity index (χ2n) is 10.6. The van der Waals surface area contributed by atoms with Gasteiger partial charge in [0.05, 0.1) is 0 Å². The molecule has 0 bridgehead atoms. The lowest BCUT2D eigenvalue weighted by molar-refractivity contribution is -0.113. The molecule has 2 nitrogen and oxygen atoms in total. The molecule has 0 heterocycles. The zero-order valence-corrected chi connectivity index (χ0v) is 23.6. The number of carbonyl (C=O) groups is 2. The van der Waals surface area contributed by atoms with Crippen molar-refractivity contribution < 1.29 is 9.59 Å². The third kappa shape index (κ3) is 10.4. The second kappa shape index (κ2) is 17.3. The molecule has 36 heavy (non-hydrogen) atoms. The predicted octanol–water partition coefficient (Wildman–Crippen LogP) is 10.0. The van der Waals surface area contributed by atoms with Gasteiger partial charge in [0.2, 0.25) is 0 Å². The van der Waals surface area contributed by atoms with Gasteiger partial charge in [-0.05, 0) is 80.1 Å². The average Bonchev–Trinajstić information content (AvgIpc) is 2.87. The molecular formula is C34H50O2. The summed E-state index contributed by atoms with van der Waals surface area (Å²) in [7, 11) is 0. The van der Waals surface area contributed by atoms with Crippen LogP contribution in [-0.4, -0.2) is 11.6 Å². The van der Waals surface area contributed by atoms with Crippen LogP contribution in [0.1, 0.15) is 130 Å². The van der Waals surface area contributed by atoms with Crippen LogP contribution in [0.4, 0.5) is 0 Å². The van der Waals surface area contributed by atoms with Crippen molar-refractivity contribution in [3.63, 3.8) is 0 Å². The minimum atomic E-state index is 0.197. The largest absolute Gasteiger partial charge is 0.289 e. The van der Waals surface area contributed by atoms with E-state index in [1.54, 1.807) is 0 Å². The molecule has 0 N–H and O–H groups in total. The smallest absolute Gasteiger partial charge is 0.185 e. The molecule has 0 aliphatic heterocycles. The second-order valence-corrected chi connectivity index (χ2v) is 10.6. The normalized spacial score (nSPS) is 18.4. The fourth-order valence-corrected chi connectivity index (χ4v) is 5.06. The molecule has 2 heteroatoms. The van der Waals surface area contributed by atoms with Crippen LogP contribution in [0.2, 0.25) is 0 Å². The first-order chi connectivity index (χ1) is 17.5. The van der Waals surface area contributed by atoms with E-state index in [9.17, 15) is 9.59 Å². The first-order valence-corrected chi connectivity index (χ1v) is 14.8. The summed E-state index contributed by atoms with van der Waals surface area (Å²) < 4.78 is 0. The van der Waals surface area contributed by atoms with Gasteiger partial charge >= 0.3 is 0 Å². The highest BCUT2D eigenvalue weighted by Crippen LogP contribution is 2.27. The Kier molecular flexibility index (Phi) is 14.4. The molecule has 0 fully saturated rings. The number of rotatable bonds is 17. The van der Waals surface area contributed by atoms with E-state index in [-0.39, 0.29) is 11.6 Å². The Morgan fingerprint density at radius 3 is 1.42 bits per heavy atom. The first-order valence-electron chi connectivity index (χ1n) is 14.8. The van der Waals surface area contributed by atoms with Crippen molar-refractivity contribution in [1.82, 2.24) is 0 Å². The standard InChI is InChI=1S/C34H50O2/c1-5-8-10-12-14-16-19-31-24-28(23-27(4)33(31)35)21-22-29-25-30(18-7-3)34(36)32(26-29)20-17-15-13-11-9-6-2/h21-26H,5-20H2,1-4H3. The Balaban J connectivity index is 2.10. The van der Waals surface area contributed by atoms with Crippen molar-refractivity contribution in [3.05, 3.63) is 69.9 Å². The Morgan fingerprint density at radius 1 is 0.500 bits per heavy atom. The molecule has 2 rings (SSSR count). The highest BCUT2D eigenvalue weighted by molar-refractivity contribution is 6.10. The molecule has 0 aromatic carbocycles. The number of hydrogen-bond donors (Lipinski definition) is 0. The van der Waals surface area contributed by atoms with E-state index < -0.39 is 0 Å². The molecule has 0 amide bonds. The van der Waals surface area contributed by atoms with Gasteiger partial charge in [0.1, 0.15) is 0 Å². The highest BCUT2D eigenvalue weighted by atomic mass is 16.1. The van der Waals surface area contributed by atoms with Gasteiger partial charge in [-0.1, -0.05) is 104 Å². The number of carbonyl (C=O) groups excluding carboxylic acids is 2. The maximum Gasteiger partial charge on any atom is 0.185 e. The van der Waals surface area contributed by atoms with Crippen molar-refractivity contribution in [2.24, 2.45) is 0 Å². The summed E-state index contributed by atoms with van der Waals surface area (Å²) in [5.41, 5.74) is 5.84. The van der Waals surface area contributed by atoms with E-state index in [1.807, 2.05) is 13.0 Å². The molecular weight excluding hydrogens is 440 g/mol. The first kappa shape index (κ1) is 30.0. The summed E-state index contributed by atoms with van der Waals surface area (Å²) in [6, 6.07) is 0. The Bertz CT molecular complexity index is 917. The van der Waals surface area contributed by atoms with Gasteiger partial charge in [0, 0.05) is 16.7 Å². The van der Waals surface area contributed by atoms with Crippen LogP contribution in [0.15, 0.2) is 69.9 Å². The zero-order chi connectivity index (χ0) is 26.2. The van der Waals surface area contributed by atoms with E-state index in [4.69, 9.17) is 0 Å². The molecule has 0 radical (unpaired) electrons. The van der Waals surface area contributed by atoms with Crippen LogP contribution >= 0.6 is 0 Å². The molecule has 0 aromatic rings. The van der Waals surface area contributed by atoms with Crippen molar-refractivity contribution in [2.75, 3.05) is 0 Å². The molecule has 2 aliphatic rings. The minimum absolute atomic E-state index is 0.197. The van der Waals surface area contributed by atoms with Crippen molar-refractivity contribution in [3.8, 4) is 0 Å². The van der Waals surface area contributed by atoms with Gasteiger partial charge in [0.15, 0.2) is 11.6 Å². The summed E-state index contributed by atoms with van der Waals surface area (Å²) in [6.45, 7) is 8.54. The summed E-state index contributed by atoms with van der Waals surface area (Å²) >= 11 is 0. The zero-order valence-electron chi connectivity index (χ0n) is 23.6. The topological polar surface area (TPSA) is 34.1 Å². The van der Waals surface area contributed by atoms with Crippen LogP contribution in [0.25, 0.3) is 0 Å². The number of unbranched alkanes of at least 4 members (excludes halogenated alkanes) is 10. The molecule has 0 spiro atoms. The summed E-state index contributed by atoms with van der Waals surface area (Å²) in [5.74, 6) is 0.443. The van der Waals surface area contributed by atoms with E-state index >= 15 is 0 Å². The number of hydrogen-bond acceptors (Lipinski definition) is 2. The number of allylic oxidation sites excluding steroid dienone is 12. The van der Waals surface area contributed by atoms with Crippen molar-refractivity contribution in [2.45, 2.75) is 130 Å². The van der Waals surface area contributed by atoms with E-state index in [1.165, 1.54) is 64.2 Å². The predicted molar refractivity (Wildman–Crippen MR) is 155 cm³/mol. The lowest BCUT2D eigenvalue weighted by Crippen LogP contribution is -2.11. The quantitative estimate of drug-likeness (QED) is 0.190. The maximum atomic E-state index is 13.0. The van der Waals surface area contributed by atoms with Gasteiger partial charge in [0.25, 0.3) is 0 Å². The van der Waals surface area contributed by atoms with Crippen molar-refractivity contribution >= 4 is 11.6 Å². The Hall–Kier alpha value is -2.22. The molecule has 198 valence electrons. The molecule has 0 aromatic heterocycles. The van der Waals surface area contributed by atoms with Crippen LogP contribution in [0.3, 0.4) is 0 Å². The van der Waals surface area contributed by atoms with Gasteiger partial charge < -0.3 is 0 Å². The van der Waals surface area contributed by atoms with E-state index in [0.29, 0.717) is 0 Å². The fourth-order valence-electron chi connectivity index (χ4n) is 5.06. The summed E-state index contributed by atoms with van der Waals surface area (Å²) in [5, 5.41) is 0. The van der Waals surface area contributed by atoms with Gasteiger partial charge in [-0.25, -0.2) is 0 Å². The molecule has 2 aliphatic carbocycles. The lowest BCUT2D eigenvalue weighted by atomic mass is 9.87. The summed E-state index contributed by atoms with van der Waals surface area (Å²) in [6.07, 6.45) is 30.8. The maximum absolute atomic E-state index is 13.0. The van der Waals surface area contributed by atoms with Gasteiger partial charge in [-0.15, -0.1) is 0 Å². The molecule has 0 unspecified atom stereocenters. The van der Waals surface area contributed by atoms with Crippen LogP contribution in [0, 0.1) is 0 Å². The van der Waals surface area contributed by atoms with E-state index in [2.05, 4.69) is 51.2 Å². The molecule has 0 atom stereocenters. The Labute approximate surface area is 221 Å². The Morgan fingerprint density at radius 2 is 0.917 bits per heavy atom. The SMILES string of the molecule is CCCCCCCCC1=CC(=CC=C2C=C(CCC)C(=O)C(CCCCCCCC)=C2)C=C(C)C1=O. The lowest BCUT2D eigenvalue weighted by Gasteiger charge is -2.16. The minimum Gasteiger partial charge on any atom is -0.289 e. The van der Waals surface area contributed by atoms with Crippen LogP contribution < -0.4 is 0 Å². The van der Waals surface area contributed by atoms with Gasteiger partial charge in [-0.3, -0.25) is 9.59 Å². The molecule has 0 saturated heterocycles. The highest BCUT2D eigenvalue weighted by Gasteiger charge is 2.19. The third-order valence-electron chi connectivity index (χ3n) is 7.23. The fraction of sp³-hybridized carbons (Fsp3) is 0.588. The number of ketones is 2. The van der Waals surface area contributed by atoms with Crippen LogP contribution in [0.5, 0.6) is 0 Å². The van der Waals surface area contributed by atoms with Crippen molar-refractivity contribution in [1.29, 1.82) is 0 Å². The monoisotopic (exact) mass is 490 g/mol. The molecule has 0 saturated carbocycles. The van der Waals surface area contributed by atoms with Gasteiger partial charge in [-0.2, -0.15) is 0 Å². The van der Waals surface area contributed by atoms with E-state index in [0.717, 1.165) is 72.0 Å².